The first kappa shape index (κ1) is 20.4. The number of ether oxygens (including phenoxy) is 3. The number of hydrogen-bond donors (Lipinski definition) is 2. The van der Waals surface area contributed by atoms with E-state index in [-0.39, 0.29) is 6.61 Å². The normalized spacial score (nSPS) is 12.1. The highest BCUT2D eigenvalue weighted by Crippen LogP contribution is 2.41. The highest BCUT2D eigenvalue weighted by molar-refractivity contribution is 9.10. The van der Waals surface area contributed by atoms with Gasteiger partial charge in [0, 0.05) is 13.2 Å². The first-order valence-electron chi connectivity index (χ1n) is 8.20. The lowest BCUT2D eigenvalue weighted by Crippen LogP contribution is -2.36. The average Bonchev–Trinajstić information content (AvgIpc) is 2.87. The third-order valence-electron chi connectivity index (χ3n) is 3.79. The maximum atomic E-state index is 11.1. The fourth-order valence-corrected chi connectivity index (χ4v) is 3.50. The molecule has 0 atom stereocenters. The number of carbonyl (C=O) groups excluding carboxylic acids is 1. The molecule has 2 aromatic rings. The Morgan fingerprint density at radius 2 is 1.92 bits per heavy atom. The number of fused-ring (bicyclic) bond motifs is 1. The minimum Gasteiger partial charge on any atom is -0.447 e. The van der Waals surface area contributed by atoms with E-state index in [9.17, 15) is 4.79 Å². The van der Waals surface area contributed by atoms with Gasteiger partial charge < -0.3 is 30.2 Å². The van der Waals surface area contributed by atoms with Gasteiger partial charge in [-0.15, -0.1) is 0 Å². The standard InChI is InChI=1S/C16H24BrN5O4/c1-5-24-14(25-6-2)11-10(17)9-12(18)20-8-21-13(9)22(11)16(3,4)7-26-15(19)23/h8,14H,5-7H2,1-4H3,(H2,19,23)(H2,18,20,21). The van der Waals surface area contributed by atoms with Gasteiger partial charge in [-0.1, -0.05) is 0 Å². The van der Waals surface area contributed by atoms with Crippen LogP contribution < -0.4 is 11.5 Å². The highest BCUT2D eigenvalue weighted by atomic mass is 79.9. The summed E-state index contributed by atoms with van der Waals surface area (Å²) in [5, 5.41) is 0.638. The molecule has 9 nitrogen and oxygen atoms in total. The number of nitrogen functional groups attached to an aromatic ring is 1. The van der Waals surface area contributed by atoms with Gasteiger partial charge in [0.05, 0.1) is 21.1 Å². The molecule has 0 unspecified atom stereocenters. The number of halogens is 1. The van der Waals surface area contributed by atoms with Crippen LogP contribution in [0.1, 0.15) is 39.7 Å². The Labute approximate surface area is 160 Å². The number of primary amides is 1. The number of amides is 1. The second-order valence-corrected chi connectivity index (χ2v) is 6.95. The van der Waals surface area contributed by atoms with E-state index in [1.807, 2.05) is 32.3 Å². The quantitative estimate of drug-likeness (QED) is 0.617. The summed E-state index contributed by atoms with van der Waals surface area (Å²) in [6.45, 7) is 8.44. The van der Waals surface area contributed by atoms with E-state index in [0.717, 1.165) is 0 Å². The zero-order chi connectivity index (χ0) is 19.5. The Hall–Kier alpha value is -1.91. The molecule has 0 aliphatic rings. The van der Waals surface area contributed by atoms with Crippen molar-refractivity contribution in [2.75, 3.05) is 25.6 Å². The fraction of sp³-hybridized carbons (Fsp3) is 0.562. The summed E-state index contributed by atoms with van der Waals surface area (Å²) in [6.07, 6.45) is -0.137. The maximum Gasteiger partial charge on any atom is 0.404 e. The van der Waals surface area contributed by atoms with E-state index < -0.39 is 17.9 Å². The van der Waals surface area contributed by atoms with Crippen LogP contribution in [-0.2, 0) is 19.7 Å². The van der Waals surface area contributed by atoms with Crippen LogP contribution in [0.3, 0.4) is 0 Å². The van der Waals surface area contributed by atoms with Crippen molar-refractivity contribution in [3.05, 3.63) is 16.5 Å². The molecular formula is C16H24BrN5O4. The van der Waals surface area contributed by atoms with Crippen LogP contribution in [0.15, 0.2) is 10.8 Å². The van der Waals surface area contributed by atoms with Gasteiger partial charge in [0.2, 0.25) is 0 Å². The second-order valence-electron chi connectivity index (χ2n) is 6.15. The van der Waals surface area contributed by atoms with Crippen LogP contribution in [0.25, 0.3) is 11.0 Å². The minimum atomic E-state index is -0.851. The van der Waals surface area contributed by atoms with Crippen LogP contribution in [0, 0.1) is 0 Å². The van der Waals surface area contributed by atoms with Crippen molar-refractivity contribution in [3.63, 3.8) is 0 Å². The summed E-state index contributed by atoms with van der Waals surface area (Å²) >= 11 is 3.59. The third kappa shape index (κ3) is 3.92. The van der Waals surface area contributed by atoms with Crippen molar-refractivity contribution in [1.29, 1.82) is 0 Å². The minimum absolute atomic E-state index is 0.0282. The van der Waals surface area contributed by atoms with Gasteiger partial charge in [0.25, 0.3) is 0 Å². The summed E-state index contributed by atoms with van der Waals surface area (Å²) in [6, 6.07) is 0. The average molecular weight is 430 g/mol. The summed E-state index contributed by atoms with van der Waals surface area (Å²) in [4.78, 5) is 19.6. The second kappa shape index (κ2) is 8.19. The molecule has 2 heterocycles. The van der Waals surface area contributed by atoms with E-state index in [1.165, 1.54) is 6.33 Å². The molecule has 2 aromatic heterocycles. The molecule has 0 saturated carbocycles. The van der Waals surface area contributed by atoms with Crippen LogP contribution in [0.2, 0.25) is 0 Å². The third-order valence-corrected chi connectivity index (χ3v) is 4.59. The molecular weight excluding hydrogens is 406 g/mol. The van der Waals surface area contributed by atoms with Gasteiger partial charge in [-0.2, -0.15) is 0 Å². The zero-order valence-corrected chi connectivity index (χ0v) is 16.9. The molecule has 10 heteroatoms. The highest BCUT2D eigenvalue weighted by Gasteiger charge is 2.34. The van der Waals surface area contributed by atoms with Crippen molar-refractivity contribution in [2.24, 2.45) is 5.73 Å². The van der Waals surface area contributed by atoms with Gasteiger partial charge in [-0.3, -0.25) is 0 Å². The molecule has 0 fully saturated rings. The zero-order valence-electron chi connectivity index (χ0n) is 15.3. The lowest BCUT2D eigenvalue weighted by molar-refractivity contribution is -0.146. The number of hydrogen-bond acceptors (Lipinski definition) is 7. The molecule has 0 spiro atoms. The van der Waals surface area contributed by atoms with Crippen molar-refractivity contribution in [1.82, 2.24) is 14.5 Å². The monoisotopic (exact) mass is 429 g/mol. The summed E-state index contributed by atoms with van der Waals surface area (Å²) in [5.74, 6) is 0.320. The van der Waals surface area contributed by atoms with E-state index in [1.54, 1.807) is 0 Å². The molecule has 4 N–H and O–H groups in total. The van der Waals surface area contributed by atoms with Gasteiger partial charge in [-0.05, 0) is 43.6 Å². The number of rotatable bonds is 8. The summed E-state index contributed by atoms with van der Waals surface area (Å²) < 4.78 is 19.2. The number of aromatic nitrogens is 3. The number of nitrogens with two attached hydrogens (primary N) is 2. The Kier molecular flexibility index (Phi) is 6.43. The topological polar surface area (TPSA) is 128 Å². The Morgan fingerprint density at radius 3 is 2.46 bits per heavy atom. The van der Waals surface area contributed by atoms with Crippen molar-refractivity contribution < 1.29 is 19.0 Å². The van der Waals surface area contributed by atoms with Gasteiger partial charge in [0.15, 0.2) is 6.29 Å². The molecule has 0 saturated heterocycles. The van der Waals surface area contributed by atoms with Gasteiger partial charge in [0.1, 0.15) is 24.4 Å². The predicted molar refractivity (Wildman–Crippen MR) is 100 cm³/mol. The number of carbonyl (C=O) groups is 1. The predicted octanol–water partition coefficient (Wildman–Crippen LogP) is 2.68. The van der Waals surface area contributed by atoms with Crippen LogP contribution in [0.5, 0.6) is 0 Å². The van der Waals surface area contributed by atoms with Crippen LogP contribution >= 0.6 is 15.9 Å². The smallest absolute Gasteiger partial charge is 0.404 e. The first-order valence-corrected chi connectivity index (χ1v) is 9.00. The molecule has 0 aliphatic carbocycles. The maximum absolute atomic E-state index is 11.1. The summed E-state index contributed by atoms with van der Waals surface area (Å²) in [5.41, 5.74) is 11.7. The molecule has 0 aromatic carbocycles. The Morgan fingerprint density at radius 1 is 1.31 bits per heavy atom. The number of nitrogens with zero attached hydrogens (tertiary/aromatic N) is 3. The lowest BCUT2D eigenvalue weighted by Gasteiger charge is -2.31. The Balaban J connectivity index is 2.74. The largest absolute Gasteiger partial charge is 0.447 e. The van der Waals surface area contributed by atoms with Crippen LogP contribution in [0.4, 0.5) is 10.6 Å². The molecule has 2 rings (SSSR count). The molecule has 26 heavy (non-hydrogen) atoms. The molecule has 144 valence electrons. The van der Waals surface area contributed by atoms with E-state index in [4.69, 9.17) is 25.7 Å². The molecule has 0 aliphatic heterocycles. The van der Waals surface area contributed by atoms with Gasteiger partial charge in [-0.25, -0.2) is 14.8 Å². The van der Waals surface area contributed by atoms with E-state index in [2.05, 4.69) is 25.9 Å². The van der Waals surface area contributed by atoms with Crippen molar-refractivity contribution in [3.8, 4) is 0 Å². The molecule has 1 amide bonds. The SMILES string of the molecule is CCOC(OCC)c1c(Br)c2c(N)ncnc2n1C(C)(C)COC(N)=O. The summed E-state index contributed by atoms with van der Waals surface area (Å²) in [7, 11) is 0. The van der Waals surface area contributed by atoms with Crippen LogP contribution in [-0.4, -0.2) is 40.4 Å². The Bertz CT molecular complexity index is 787. The molecule has 0 radical (unpaired) electrons. The van der Waals surface area contributed by atoms with Crippen molar-refractivity contribution in [2.45, 2.75) is 39.5 Å². The van der Waals surface area contributed by atoms with E-state index >= 15 is 0 Å². The number of anilines is 1. The van der Waals surface area contributed by atoms with E-state index in [0.29, 0.717) is 40.2 Å². The van der Waals surface area contributed by atoms with Crippen molar-refractivity contribution >= 4 is 38.9 Å². The lowest BCUT2D eigenvalue weighted by atomic mass is 10.1. The first-order chi connectivity index (χ1) is 12.2. The molecule has 0 bridgehead atoms. The van der Waals surface area contributed by atoms with Gasteiger partial charge >= 0.3 is 6.09 Å². The fourth-order valence-electron chi connectivity index (χ4n) is 2.75.